The van der Waals surface area contributed by atoms with Gasteiger partial charge in [0.2, 0.25) is 0 Å². The molecule has 92 valence electrons. The van der Waals surface area contributed by atoms with E-state index < -0.39 is 18.6 Å². The first-order chi connectivity index (χ1) is 7.36. The summed E-state index contributed by atoms with van der Waals surface area (Å²) in [5.74, 6) is -1.11. The number of nitrogens with zero attached hydrogens (tertiary/aromatic N) is 1. The molecule has 5 N–H and O–H groups in total. The van der Waals surface area contributed by atoms with Crippen LogP contribution in [0.4, 0.5) is 0 Å². The molecule has 0 spiro atoms. The first-order valence-electron chi connectivity index (χ1n) is 5.43. The second-order valence-corrected chi connectivity index (χ2v) is 4.65. The Morgan fingerprint density at radius 2 is 2.25 bits per heavy atom. The molecule has 1 rings (SSSR count). The number of carbonyl (C=O) groups is 1. The predicted octanol–water partition coefficient (Wildman–Crippen LogP) is -1.42. The fraction of sp³-hybridized carbons (Fsp3) is 0.889. The number of carboxylic acids is 1. The SMILES string of the molecule is CN1CC(CCCB(O)O)C(N)(C(=O)O)C1. The third kappa shape index (κ3) is 2.94. The number of hydrogen-bond donors (Lipinski definition) is 4. The van der Waals surface area contributed by atoms with Gasteiger partial charge in [-0.2, -0.15) is 0 Å². The molecule has 0 amide bonds. The summed E-state index contributed by atoms with van der Waals surface area (Å²) in [6, 6.07) is 0. The summed E-state index contributed by atoms with van der Waals surface area (Å²) in [6.07, 6.45) is 1.43. The highest BCUT2D eigenvalue weighted by molar-refractivity contribution is 6.40. The Hall–Kier alpha value is -0.625. The van der Waals surface area contributed by atoms with E-state index in [0.717, 1.165) is 0 Å². The number of likely N-dealkylation sites (tertiary alicyclic amines) is 1. The molecule has 7 heteroatoms. The van der Waals surface area contributed by atoms with E-state index in [9.17, 15) is 4.79 Å². The van der Waals surface area contributed by atoms with E-state index in [1.807, 2.05) is 11.9 Å². The van der Waals surface area contributed by atoms with Gasteiger partial charge >= 0.3 is 13.1 Å². The molecule has 1 saturated heterocycles. The zero-order chi connectivity index (χ0) is 12.3. The Balaban J connectivity index is 2.53. The summed E-state index contributed by atoms with van der Waals surface area (Å²) in [5, 5.41) is 26.5. The third-order valence-electron chi connectivity index (χ3n) is 3.21. The molecule has 0 aromatic heterocycles. The van der Waals surface area contributed by atoms with Gasteiger partial charge in [-0.15, -0.1) is 0 Å². The van der Waals surface area contributed by atoms with Gasteiger partial charge in [0.1, 0.15) is 5.54 Å². The van der Waals surface area contributed by atoms with Gasteiger partial charge in [-0.25, -0.2) is 0 Å². The maximum absolute atomic E-state index is 11.1. The Morgan fingerprint density at radius 1 is 1.62 bits per heavy atom. The fourth-order valence-electron chi connectivity index (χ4n) is 2.32. The first-order valence-corrected chi connectivity index (χ1v) is 5.43. The van der Waals surface area contributed by atoms with Gasteiger partial charge in [-0.1, -0.05) is 6.42 Å². The molecule has 1 heterocycles. The van der Waals surface area contributed by atoms with Gasteiger partial charge < -0.3 is 25.8 Å². The van der Waals surface area contributed by atoms with Crippen molar-refractivity contribution in [3.8, 4) is 0 Å². The molecular weight excluding hydrogens is 211 g/mol. The summed E-state index contributed by atoms with van der Waals surface area (Å²) < 4.78 is 0. The van der Waals surface area contributed by atoms with E-state index in [4.69, 9.17) is 20.9 Å². The molecule has 1 fully saturated rings. The van der Waals surface area contributed by atoms with Crippen LogP contribution in [-0.4, -0.2) is 58.8 Å². The number of nitrogens with two attached hydrogens (primary N) is 1. The summed E-state index contributed by atoms with van der Waals surface area (Å²) in [5.41, 5.74) is 4.69. The van der Waals surface area contributed by atoms with Crippen molar-refractivity contribution in [2.45, 2.75) is 24.7 Å². The average Bonchev–Trinajstić information content (AvgIpc) is 2.42. The lowest BCUT2D eigenvalue weighted by molar-refractivity contribution is -0.144. The van der Waals surface area contributed by atoms with Crippen molar-refractivity contribution in [1.29, 1.82) is 0 Å². The number of aliphatic carboxylic acids is 1. The summed E-state index contributed by atoms with van der Waals surface area (Å²) in [7, 11) is 0.516. The van der Waals surface area contributed by atoms with Gasteiger partial charge in [-0.05, 0) is 19.8 Å². The van der Waals surface area contributed by atoms with E-state index in [1.54, 1.807) is 0 Å². The van der Waals surface area contributed by atoms with Crippen LogP contribution in [0.5, 0.6) is 0 Å². The molecule has 2 unspecified atom stereocenters. The zero-order valence-corrected chi connectivity index (χ0v) is 9.46. The van der Waals surface area contributed by atoms with Crippen molar-refractivity contribution in [3.63, 3.8) is 0 Å². The molecule has 0 bridgehead atoms. The third-order valence-corrected chi connectivity index (χ3v) is 3.21. The van der Waals surface area contributed by atoms with Crippen LogP contribution in [0.3, 0.4) is 0 Å². The highest BCUT2D eigenvalue weighted by Gasteiger charge is 2.47. The summed E-state index contributed by atoms with van der Waals surface area (Å²) in [6.45, 7) is 0.985. The minimum Gasteiger partial charge on any atom is -0.480 e. The summed E-state index contributed by atoms with van der Waals surface area (Å²) >= 11 is 0. The lowest BCUT2D eigenvalue weighted by Gasteiger charge is -2.25. The van der Waals surface area contributed by atoms with E-state index >= 15 is 0 Å². The van der Waals surface area contributed by atoms with E-state index in [0.29, 0.717) is 25.9 Å². The Labute approximate surface area is 95.2 Å². The molecule has 0 saturated carbocycles. The van der Waals surface area contributed by atoms with Gasteiger partial charge in [0.15, 0.2) is 0 Å². The van der Waals surface area contributed by atoms with Crippen LogP contribution in [0.1, 0.15) is 12.8 Å². The smallest absolute Gasteiger partial charge is 0.451 e. The predicted molar refractivity (Wildman–Crippen MR) is 59.8 cm³/mol. The largest absolute Gasteiger partial charge is 0.480 e. The highest BCUT2D eigenvalue weighted by atomic mass is 16.4. The quantitative estimate of drug-likeness (QED) is 0.432. The number of hydrogen-bond acceptors (Lipinski definition) is 5. The second kappa shape index (κ2) is 5.14. The van der Waals surface area contributed by atoms with Gasteiger partial charge in [-0.3, -0.25) is 4.79 Å². The van der Waals surface area contributed by atoms with Crippen molar-refractivity contribution >= 4 is 13.1 Å². The van der Waals surface area contributed by atoms with Crippen molar-refractivity contribution in [2.24, 2.45) is 11.7 Å². The van der Waals surface area contributed by atoms with Crippen molar-refractivity contribution < 1.29 is 19.9 Å². The molecular formula is C9H19BN2O4. The minimum absolute atomic E-state index is 0.131. The van der Waals surface area contributed by atoms with Crippen molar-refractivity contribution in [3.05, 3.63) is 0 Å². The lowest BCUT2D eigenvalue weighted by Crippen LogP contribution is -2.54. The summed E-state index contributed by atoms with van der Waals surface area (Å²) in [4.78, 5) is 13.0. The topological polar surface area (TPSA) is 107 Å². The van der Waals surface area contributed by atoms with E-state index in [2.05, 4.69) is 0 Å². The maximum atomic E-state index is 11.1. The van der Waals surface area contributed by atoms with Crippen LogP contribution in [0.25, 0.3) is 0 Å². The van der Waals surface area contributed by atoms with Crippen LogP contribution in [0, 0.1) is 5.92 Å². The molecule has 2 atom stereocenters. The molecule has 0 aromatic rings. The number of rotatable bonds is 5. The Kier molecular flexibility index (Phi) is 4.31. The maximum Gasteiger partial charge on any atom is 0.451 e. The average molecular weight is 230 g/mol. The lowest BCUT2D eigenvalue weighted by atomic mass is 9.78. The number of likely N-dealkylation sites (N-methyl/N-ethyl adjacent to an activating group) is 1. The molecule has 0 aromatic carbocycles. The second-order valence-electron chi connectivity index (χ2n) is 4.65. The Morgan fingerprint density at radius 3 is 2.75 bits per heavy atom. The van der Waals surface area contributed by atoms with Crippen LogP contribution < -0.4 is 5.73 Å². The van der Waals surface area contributed by atoms with Gasteiger partial charge in [0.05, 0.1) is 0 Å². The zero-order valence-electron chi connectivity index (χ0n) is 9.46. The van der Waals surface area contributed by atoms with E-state index in [1.165, 1.54) is 0 Å². The van der Waals surface area contributed by atoms with E-state index in [-0.39, 0.29) is 12.2 Å². The van der Waals surface area contributed by atoms with Gasteiger partial charge in [0.25, 0.3) is 0 Å². The van der Waals surface area contributed by atoms with Gasteiger partial charge in [0, 0.05) is 19.0 Å². The standard InChI is InChI=1S/C9H19BN2O4/c1-12-5-7(3-2-4-10(15)16)9(11,6-12)8(13)14/h7,15-16H,2-6,11H2,1H3,(H,13,14). The highest BCUT2D eigenvalue weighted by Crippen LogP contribution is 2.29. The fourth-order valence-corrected chi connectivity index (χ4v) is 2.32. The molecule has 0 radical (unpaired) electrons. The molecule has 1 aliphatic heterocycles. The minimum atomic E-state index is -1.32. The molecule has 6 nitrogen and oxygen atoms in total. The molecule has 1 aliphatic rings. The van der Waals surface area contributed by atoms with Crippen LogP contribution in [-0.2, 0) is 4.79 Å². The van der Waals surface area contributed by atoms with Crippen molar-refractivity contribution in [1.82, 2.24) is 4.90 Å². The first kappa shape index (κ1) is 13.4. The molecule has 0 aliphatic carbocycles. The normalized spacial score (nSPS) is 30.6. The van der Waals surface area contributed by atoms with Crippen molar-refractivity contribution in [2.75, 3.05) is 20.1 Å². The monoisotopic (exact) mass is 230 g/mol. The number of carboxylic acid groups (broad SMARTS) is 1. The van der Waals surface area contributed by atoms with Crippen LogP contribution in [0.2, 0.25) is 6.32 Å². The van der Waals surface area contributed by atoms with Crippen LogP contribution in [0.15, 0.2) is 0 Å². The van der Waals surface area contributed by atoms with Crippen LogP contribution >= 0.6 is 0 Å². The Bertz CT molecular complexity index is 264. The molecule has 16 heavy (non-hydrogen) atoms.